The zero-order valence-corrected chi connectivity index (χ0v) is 24.2. The second-order valence-corrected chi connectivity index (χ2v) is 10.5. The maximum Gasteiger partial charge on any atom is 0.195 e. The molecule has 0 atom stereocenters. The van der Waals surface area contributed by atoms with E-state index >= 15 is 0 Å². The zero-order chi connectivity index (χ0) is 18.2. The normalized spacial score (nSPS) is 11.0. The van der Waals surface area contributed by atoms with Crippen molar-refractivity contribution in [1.29, 1.82) is 0 Å². The van der Waals surface area contributed by atoms with Gasteiger partial charge in [0.05, 0.1) is 0 Å². The Kier molecular flexibility index (Phi) is 8.74. The smallest absolute Gasteiger partial charge is 0.195 e. The van der Waals surface area contributed by atoms with Crippen LogP contribution in [0.3, 0.4) is 0 Å². The van der Waals surface area contributed by atoms with Crippen molar-refractivity contribution in [3.63, 3.8) is 0 Å². The van der Waals surface area contributed by atoms with E-state index in [1.165, 1.54) is 0 Å². The van der Waals surface area contributed by atoms with Crippen LogP contribution < -0.4 is 0 Å². The molecular weight excluding hydrogens is 835 g/mol. The fourth-order valence-electron chi connectivity index (χ4n) is 1.98. The van der Waals surface area contributed by atoms with Gasteiger partial charge >= 0.3 is 0 Å². The van der Waals surface area contributed by atoms with Crippen molar-refractivity contribution in [1.82, 2.24) is 0 Å². The van der Waals surface area contributed by atoms with E-state index in [9.17, 15) is 4.79 Å². The van der Waals surface area contributed by atoms with Crippen LogP contribution in [0.25, 0.3) is 0 Å². The molecule has 0 aliphatic rings. The van der Waals surface area contributed by atoms with Gasteiger partial charge in [-0.2, -0.15) is 0 Å². The largest absolute Gasteiger partial charge is 0.289 e. The molecule has 0 amide bonds. The van der Waals surface area contributed by atoms with E-state index in [2.05, 4.69) is 127 Å². The third kappa shape index (κ3) is 4.33. The molecular formula is C15H6Br8O. The number of carbonyl (C=O) groups excluding carboxylic acids is 1. The number of hydrogen-bond donors (Lipinski definition) is 0. The Morgan fingerprint density at radius 2 is 0.958 bits per heavy atom. The lowest BCUT2D eigenvalue weighted by atomic mass is 10.0. The van der Waals surface area contributed by atoms with Crippen LogP contribution in [0.1, 0.15) is 27.0 Å². The molecule has 0 heterocycles. The van der Waals surface area contributed by atoms with Gasteiger partial charge in [-0.1, -0.05) is 31.9 Å². The summed E-state index contributed by atoms with van der Waals surface area (Å²) in [5.74, 6) is -0.0699. The molecule has 2 aromatic carbocycles. The minimum atomic E-state index is -0.0699. The first kappa shape index (κ1) is 22.2. The molecule has 0 aliphatic heterocycles. The minimum Gasteiger partial charge on any atom is -0.289 e. The van der Waals surface area contributed by atoms with Gasteiger partial charge in [-0.15, -0.1) is 0 Å². The Bertz CT molecular complexity index is 764. The maximum absolute atomic E-state index is 13.2. The third-order valence-electron chi connectivity index (χ3n) is 3.22. The molecule has 0 saturated carbocycles. The van der Waals surface area contributed by atoms with Crippen LogP contribution in [0.5, 0.6) is 0 Å². The molecule has 0 saturated heterocycles. The van der Waals surface area contributed by atoms with E-state index < -0.39 is 0 Å². The van der Waals surface area contributed by atoms with Crippen LogP contribution in [0.2, 0.25) is 0 Å². The predicted octanol–water partition coefficient (Wildman–Crippen LogP) is 9.28. The van der Waals surface area contributed by atoms with Crippen LogP contribution in [-0.2, 0) is 10.7 Å². The first-order valence-electron chi connectivity index (χ1n) is 6.23. The topological polar surface area (TPSA) is 17.1 Å². The van der Waals surface area contributed by atoms with E-state index in [1.54, 1.807) is 0 Å². The summed E-state index contributed by atoms with van der Waals surface area (Å²) in [5, 5.41) is 1.27. The summed E-state index contributed by atoms with van der Waals surface area (Å²) in [6.07, 6.45) is 0. The quantitative estimate of drug-likeness (QED) is 0.171. The number of hydrogen-bond acceptors (Lipinski definition) is 1. The van der Waals surface area contributed by atoms with Crippen LogP contribution in [-0.4, -0.2) is 5.78 Å². The summed E-state index contributed by atoms with van der Waals surface area (Å²) in [7, 11) is 0. The highest BCUT2D eigenvalue weighted by atomic mass is 79.9. The molecule has 2 rings (SSSR count). The average Bonchev–Trinajstić information content (AvgIpc) is 2.58. The molecule has 1 nitrogen and oxygen atoms in total. The van der Waals surface area contributed by atoms with Crippen molar-refractivity contribution in [2.45, 2.75) is 10.7 Å². The lowest BCUT2D eigenvalue weighted by molar-refractivity contribution is 0.103. The maximum atomic E-state index is 13.2. The van der Waals surface area contributed by atoms with Crippen molar-refractivity contribution in [2.75, 3.05) is 0 Å². The van der Waals surface area contributed by atoms with Gasteiger partial charge in [0.25, 0.3) is 0 Å². The average molecular weight is 841 g/mol. The lowest BCUT2D eigenvalue weighted by Crippen LogP contribution is -2.07. The Morgan fingerprint density at radius 3 is 1.25 bits per heavy atom. The van der Waals surface area contributed by atoms with E-state index in [0.717, 1.165) is 38.0 Å². The minimum absolute atomic E-state index is 0.0699. The number of halogens is 8. The molecule has 9 heteroatoms. The van der Waals surface area contributed by atoms with Crippen LogP contribution in [0, 0.1) is 0 Å². The monoisotopic (exact) mass is 833 g/mol. The number of ketones is 1. The number of rotatable bonds is 4. The second-order valence-electron chi connectivity index (χ2n) is 4.65. The number of benzene rings is 2. The van der Waals surface area contributed by atoms with Crippen molar-refractivity contribution in [3.05, 3.63) is 61.2 Å². The van der Waals surface area contributed by atoms with Gasteiger partial charge in [0.2, 0.25) is 0 Å². The highest BCUT2D eigenvalue weighted by molar-refractivity contribution is 9.15. The summed E-state index contributed by atoms with van der Waals surface area (Å²) in [6.45, 7) is 0. The molecule has 0 unspecified atom stereocenters. The van der Waals surface area contributed by atoms with Gasteiger partial charge in [-0.05, 0) is 119 Å². The lowest BCUT2D eigenvalue weighted by Gasteiger charge is -2.14. The molecule has 0 aliphatic carbocycles. The molecule has 24 heavy (non-hydrogen) atoms. The van der Waals surface area contributed by atoms with Gasteiger partial charge in [-0.25, -0.2) is 0 Å². The zero-order valence-electron chi connectivity index (χ0n) is 11.5. The highest BCUT2D eigenvalue weighted by Crippen LogP contribution is 2.41. The standard InChI is InChI=1S/C15H6Br8O/c16-3-5-1-7(11(20)13(22)9(5)18)15(24)8-2-6(4-17)10(19)14(23)12(8)21/h1-2H,3-4H2. The van der Waals surface area contributed by atoms with E-state index in [0.29, 0.717) is 21.8 Å². The van der Waals surface area contributed by atoms with Crippen molar-refractivity contribution >= 4 is 133 Å². The van der Waals surface area contributed by atoms with Crippen molar-refractivity contribution < 1.29 is 4.79 Å². The molecule has 0 aromatic heterocycles. The molecule has 0 N–H and O–H groups in total. The van der Waals surface area contributed by atoms with Crippen LogP contribution >= 0.6 is 127 Å². The number of carbonyl (C=O) groups is 1. The van der Waals surface area contributed by atoms with Gasteiger partial charge in [-0.3, -0.25) is 4.79 Å². The Balaban J connectivity index is 2.71. The predicted molar refractivity (Wildman–Crippen MR) is 128 cm³/mol. The molecule has 0 fully saturated rings. The summed E-state index contributed by atoms with van der Waals surface area (Å²) >= 11 is 28.1. The molecule has 0 spiro atoms. The van der Waals surface area contributed by atoms with Crippen molar-refractivity contribution in [2.24, 2.45) is 0 Å². The fourth-order valence-corrected chi connectivity index (χ4v) is 6.98. The van der Waals surface area contributed by atoms with Crippen molar-refractivity contribution in [3.8, 4) is 0 Å². The molecule has 0 bridgehead atoms. The van der Waals surface area contributed by atoms with Gasteiger partial charge in [0.15, 0.2) is 5.78 Å². The SMILES string of the molecule is O=C(c1cc(CBr)c(Br)c(Br)c1Br)c1cc(CBr)c(Br)c(Br)c1Br. The Hall–Kier alpha value is 1.95. The Morgan fingerprint density at radius 1 is 0.625 bits per heavy atom. The highest BCUT2D eigenvalue weighted by Gasteiger charge is 2.23. The van der Waals surface area contributed by atoms with Crippen LogP contribution in [0.4, 0.5) is 0 Å². The summed E-state index contributed by atoms with van der Waals surface area (Å²) in [4.78, 5) is 13.2. The van der Waals surface area contributed by atoms with Gasteiger partial charge < -0.3 is 0 Å². The van der Waals surface area contributed by atoms with E-state index in [4.69, 9.17) is 0 Å². The van der Waals surface area contributed by atoms with Crippen LogP contribution in [0.15, 0.2) is 39.0 Å². The van der Waals surface area contributed by atoms with E-state index in [-0.39, 0.29) is 5.78 Å². The summed E-state index contributed by atoms with van der Waals surface area (Å²) < 4.78 is 4.90. The first-order chi connectivity index (χ1) is 11.2. The summed E-state index contributed by atoms with van der Waals surface area (Å²) in [6, 6.07) is 3.76. The first-order valence-corrected chi connectivity index (χ1v) is 13.2. The second kappa shape index (κ2) is 9.43. The summed E-state index contributed by atoms with van der Waals surface area (Å²) in [5.41, 5.74) is 3.16. The molecule has 128 valence electrons. The fraction of sp³-hybridized carbons (Fsp3) is 0.133. The van der Waals surface area contributed by atoms with Gasteiger partial charge in [0, 0.05) is 48.6 Å². The van der Waals surface area contributed by atoms with Gasteiger partial charge in [0.1, 0.15) is 0 Å². The molecule has 2 aromatic rings. The Labute approximate surface area is 207 Å². The third-order valence-corrected chi connectivity index (χ3v) is 11.6. The molecule has 0 radical (unpaired) electrons. The number of alkyl halides is 2. The van der Waals surface area contributed by atoms with E-state index in [1.807, 2.05) is 12.1 Å².